The SMILES string of the molecule is [C-]#[N+]C1C(CCC)=Nc2n[nH]c(-c3ccc(OC)cc3)c2C1c1ccccc1Cl. The zero-order chi connectivity index (χ0) is 20.4. The standard InChI is InChI=1S/C23H21ClN4O/c1-4-7-18-22(25-2)19(16-8-5-6-9-17(16)24)20-21(27-28-23(20)26-18)14-10-12-15(29-3)13-11-14/h5-6,8-13,19,22H,4,7H2,1,3H3,(H,27,28). The van der Waals surface area contributed by atoms with Gasteiger partial charge >= 0.3 is 0 Å². The number of nitrogens with one attached hydrogen (secondary N) is 1. The lowest BCUT2D eigenvalue weighted by Gasteiger charge is -2.25. The van der Waals surface area contributed by atoms with E-state index in [2.05, 4.69) is 22.0 Å². The molecule has 2 unspecified atom stereocenters. The first-order valence-corrected chi connectivity index (χ1v) is 9.96. The van der Waals surface area contributed by atoms with Crippen molar-refractivity contribution >= 4 is 23.1 Å². The summed E-state index contributed by atoms with van der Waals surface area (Å²) in [4.78, 5) is 8.75. The maximum absolute atomic E-state index is 7.93. The Morgan fingerprint density at radius 1 is 1.17 bits per heavy atom. The average molecular weight is 405 g/mol. The lowest BCUT2D eigenvalue weighted by molar-refractivity contribution is 0.415. The first kappa shape index (κ1) is 19.2. The van der Waals surface area contributed by atoms with Gasteiger partial charge in [-0.3, -0.25) is 5.10 Å². The highest BCUT2D eigenvalue weighted by molar-refractivity contribution is 6.31. The first-order valence-electron chi connectivity index (χ1n) is 9.59. The zero-order valence-corrected chi connectivity index (χ0v) is 17.1. The zero-order valence-electron chi connectivity index (χ0n) is 16.3. The Balaban J connectivity index is 1.93. The summed E-state index contributed by atoms with van der Waals surface area (Å²) in [6.07, 6.45) is 1.68. The number of aliphatic imine (C=N–C) groups is 1. The molecular formula is C23H21ClN4O. The molecule has 1 aliphatic rings. The van der Waals surface area contributed by atoms with Crippen molar-refractivity contribution < 1.29 is 4.74 Å². The van der Waals surface area contributed by atoms with Crippen LogP contribution < -0.4 is 4.74 Å². The van der Waals surface area contributed by atoms with E-state index in [0.29, 0.717) is 10.8 Å². The highest BCUT2D eigenvalue weighted by Crippen LogP contribution is 2.46. The second-order valence-electron chi connectivity index (χ2n) is 6.99. The van der Waals surface area contributed by atoms with Crippen molar-refractivity contribution in [2.75, 3.05) is 7.11 Å². The summed E-state index contributed by atoms with van der Waals surface area (Å²) in [7, 11) is 1.64. The smallest absolute Gasteiger partial charge is 0.272 e. The van der Waals surface area contributed by atoms with E-state index in [4.69, 9.17) is 27.9 Å². The van der Waals surface area contributed by atoms with Crippen molar-refractivity contribution in [2.45, 2.75) is 31.7 Å². The number of halogens is 1. The van der Waals surface area contributed by atoms with Gasteiger partial charge in [0.15, 0.2) is 5.82 Å². The maximum atomic E-state index is 7.93. The van der Waals surface area contributed by atoms with E-state index < -0.39 is 6.04 Å². The number of fused-ring (bicyclic) bond motifs is 1. The van der Waals surface area contributed by atoms with Crippen LogP contribution in [0.15, 0.2) is 53.5 Å². The molecule has 1 aliphatic heterocycles. The maximum Gasteiger partial charge on any atom is 0.272 e. The minimum Gasteiger partial charge on any atom is -0.497 e. The molecule has 1 aromatic heterocycles. The van der Waals surface area contributed by atoms with Crippen molar-refractivity contribution in [2.24, 2.45) is 4.99 Å². The lowest BCUT2D eigenvalue weighted by atomic mass is 9.79. The molecule has 0 radical (unpaired) electrons. The van der Waals surface area contributed by atoms with Gasteiger partial charge in [0.25, 0.3) is 6.04 Å². The van der Waals surface area contributed by atoms with Crippen molar-refractivity contribution in [1.29, 1.82) is 0 Å². The van der Waals surface area contributed by atoms with Crippen LogP contribution in [0.2, 0.25) is 5.02 Å². The first-order chi connectivity index (χ1) is 14.2. The second-order valence-corrected chi connectivity index (χ2v) is 7.40. The van der Waals surface area contributed by atoms with Crippen LogP contribution in [0.1, 0.15) is 36.8 Å². The second kappa shape index (κ2) is 8.10. The van der Waals surface area contributed by atoms with Crippen LogP contribution in [0, 0.1) is 6.57 Å². The number of aromatic amines is 1. The summed E-state index contributed by atoms with van der Waals surface area (Å²) in [5.41, 5.74) is 4.54. The third kappa shape index (κ3) is 3.41. The Morgan fingerprint density at radius 3 is 2.59 bits per heavy atom. The monoisotopic (exact) mass is 404 g/mol. The molecule has 0 spiro atoms. The molecule has 0 saturated heterocycles. The number of benzene rings is 2. The molecular weight excluding hydrogens is 384 g/mol. The number of aromatic nitrogens is 2. The molecule has 1 N–H and O–H groups in total. The largest absolute Gasteiger partial charge is 0.497 e. The lowest BCUT2D eigenvalue weighted by Crippen LogP contribution is -2.29. The predicted molar refractivity (Wildman–Crippen MR) is 116 cm³/mol. The molecule has 3 aromatic rings. The van der Waals surface area contributed by atoms with Gasteiger partial charge < -0.3 is 9.58 Å². The quantitative estimate of drug-likeness (QED) is 0.526. The molecule has 146 valence electrons. The number of methoxy groups -OCH3 is 1. The van der Waals surface area contributed by atoms with Crippen molar-refractivity contribution in [3.8, 4) is 17.0 Å². The minimum atomic E-state index is -0.406. The number of rotatable bonds is 5. The summed E-state index contributed by atoms with van der Waals surface area (Å²) in [6, 6.07) is 15.1. The molecule has 0 saturated carbocycles. The Bertz CT molecular complexity index is 1090. The van der Waals surface area contributed by atoms with Crippen LogP contribution in [-0.4, -0.2) is 29.1 Å². The van der Waals surface area contributed by atoms with Crippen molar-refractivity contribution in [3.05, 3.63) is 76.1 Å². The van der Waals surface area contributed by atoms with E-state index in [1.54, 1.807) is 7.11 Å². The molecule has 6 heteroatoms. The van der Waals surface area contributed by atoms with Gasteiger partial charge in [-0.1, -0.05) is 43.1 Å². The number of nitrogens with zero attached hydrogens (tertiary/aromatic N) is 3. The number of hydrogen-bond acceptors (Lipinski definition) is 3. The molecule has 0 amide bonds. The molecule has 0 aliphatic carbocycles. The van der Waals surface area contributed by atoms with Gasteiger partial charge in [-0.05, 0) is 42.3 Å². The fourth-order valence-corrected chi connectivity index (χ4v) is 4.17. The Hall–Kier alpha value is -3.10. The van der Waals surface area contributed by atoms with E-state index in [-0.39, 0.29) is 5.92 Å². The molecule has 0 bridgehead atoms. The van der Waals surface area contributed by atoms with Gasteiger partial charge in [0.05, 0.1) is 18.7 Å². The summed E-state index contributed by atoms with van der Waals surface area (Å²) in [5, 5.41) is 8.29. The summed E-state index contributed by atoms with van der Waals surface area (Å²) in [6.45, 7) is 10.0. The third-order valence-corrected chi connectivity index (χ3v) is 5.61. The highest BCUT2D eigenvalue weighted by atomic mass is 35.5. The summed E-state index contributed by atoms with van der Waals surface area (Å²) >= 11 is 6.59. The topological polar surface area (TPSA) is 54.6 Å². The van der Waals surface area contributed by atoms with Crippen LogP contribution in [-0.2, 0) is 0 Å². The van der Waals surface area contributed by atoms with E-state index in [9.17, 15) is 0 Å². The Labute approximate surface area is 175 Å². The fraction of sp³-hybridized carbons (Fsp3) is 0.261. The predicted octanol–water partition coefficient (Wildman–Crippen LogP) is 6.04. The number of ether oxygens (including phenoxy) is 1. The molecule has 2 aromatic carbocycles. The van der Waals surface area contributed by atoms with Gasteiger partial charge in [0.2, 0.25) is 0 Å². The Kier molecular flexibility index (Phi) is 5.37. The fourth-order valence-electron chi connectivity index (χ4n) is 3.91. The number of hydrogen-bond donors (Lipinski definition) is 1. The number of H-pyrrole nitrogens is 1. The van der Waals surface area contributed by atoms with Crippen LogP contribution in [0.3, 0.4) is 0 Å². The molecule has 29 heavy (non-hydrogen) atoms. The average Bonchev–Trinajstić information content (AvgIpc) is 3.17. The summed E-state index contributed by atoms with van der Waals surface area (Å²) in [5.74, 6) is 1.20. The molecule has 5 nitrogen and oxygen atoms in total. The van der Waals surface area contributed by atoms with E-state index >= 15 is 0 Å². The van der Waals surface area contributed by atoms with Crippen molar-refractivity contribution in [1.82, 2.24) is 10.2 Å². The minimum absolute atomic E-state index is 0.230. The van der Waals surface area contributed by atoms with Gasteiger partial charge in [0, 0.05) is 16.1 Å². The van der Waals surface area contributed by atoms with E-state index in [0.717, 1.165) is 46.7 Å². The van der Waals surface area contributed by atoms with E-state index in [1.165, 1.54) is 0 Å². The van der Waals surface area contributed by atoms with Crippen molar-refractivity contribution in [3.63, 3.8) is 0 Å². The molecule has 2 heterocycles. The van der Waals surface area contributed by atoms with Crippen LogP contribution >= 0.6 is 11.6 Å². The molecule has 4 rings (SSSR count). The Morgan fingerprint density at radius 2 is 1.93 bits per heavy atom. The van der Waals surface area contributed by atoms with Crippen LogP contribution in [0.5, 0.6) is 5.75 Å². The molecule has 2 atom stereocenters. The third-order valence-electron chi connectivity index (χ3n) is 5.27. The van der Waals surface area contributed by atoms with Gasteiger partial charge in [-0.2, -0.15) is 5.10 Å². The molecule has 0 fully saturated rings. The van der Waals surface area contributed by atoms with Gasteiger partial charge in [-0.25, -0.2) is 11.6 Å². The normalized spacial score (nSPS) is 17.9. The van der Waals surface area contributed by atoms with E-state index in [1.807, 2.05) is 48.5 Å². The van der Waals surface area contributed by atoms with Gasteiger partial charge in [-0.15, -0.1) is 0 Å². The van der Waals surface area contributed by atoms with Crippen LogP contribution in [0.25, 0.3) is 16.1 Å². The van der Waals surface area contributed by atoms with Crippen LogP contribution in [0.4, 0.5) is 5.82 Å². The summed E-state index contributed by atoms with van der Waals surface area (Å²) < 4.78 is 5.28. The van der Waals surface area contributed by atoms with Gasteiger partial charge in [0.1, 0.15) is 11.5 Å². The highest BCUT2D eigenvalue weighted by Gasteiger charge is 2.42.